The quantitative estimate of drug-likeness (QED) is 0.788. The molecule has 124 valence electrons. The standard InChI is InChI=1S/C18H13N3O4/c22-18(12-1-6-15-16(9-12)24-11-23-15)21-13-2-4-14(5-3-13)25-17-10-19-7-8-20-17/h1-10H,11H2,(H,21,22). The molecule has 1 aliphatic rings. The van der Waals surface area contributed by atoms with Gasteiger partial charge in [0.25, 0.3) is 5.91 Å². The van der Waals surface area contributed by atoms with Crippen LogP contribution in [-0.4, -0.2) is 22.7 Å². The van der Waals surface area contributed by atoms with E-state index in [4.69, 9.17) is 14.2 Å². The second kappa shape index (κ2) is 6.48. The minimum atomic E-state index is -0.235. The average molecular weight is 335 g/mol. The number of ether oxygens (including phenoxy) is 3. The summed E-state index contributed by atoms with van der Waals surface area (Å²) in [5.74, 6) is 1.98. The van der Waals surface area contributed by atoms with Gasteiger partial charge in [0.15, 0.2) is 11.5 Å². The molecule has 0 atom stereocenters. The van der Waals surface area contributed by atoms with Gasteiger partial charge in [-0.1, -0.05) is 0 Å². The lowest BCUT2D eigenvalue weighted by atomic mass is 10.2. The van der Waals surface area contributed by atoms with Crippen LogP contribution in [0.5, 0.6) is 23.1 Å². The summed E-state index contributed by atoms with van der Waals surface area (Å²) in [5, 5.41) is 2.82. The molecule has 7 nitrogen and oxygen atoms in total. The maximum absolute atomic E-state index is 12.3. The van der Waals surface area contributed by atoms with E-state index in [1.165, 1.54) is 6.20 Å². The van der Waals surface area contributed by atoms with Crippen LogP contribution in [0.4, 0.5) is 5.69 Å². The van der Waals surface area contributed by atoms with E-state index < -0.39 is 0 Å². The lowest BCUT2D eigenvalue weighted by Crippen LogP contribution is -2.11. The number of nitrogens with zero attached hydrogens (tertiary/aromatic N) is 2. The van der Waals surface area contributed by atoms with E-state index in [1.807, 2.05) is 0 Å². The Bertz CT molecular complexity index is 898. The van der Waals surface area contributed by atoms with Crippen molar-refractivity contribution in [2.75, 3.05) is 12.1 Å². The van der Waals surface area contributed by atoms with Gasteiger partial charge in [0.1, 0.15) is 5.75 Å². The van der Waals surface area contributed by atoms with Gasteiger partial charge < -0.3 is 19.5 Å². The number of hydrogen-bond donors (Lipinski definition) is 1. The Balaban J connectivity index is 1.43. The Morgan fingerprint density at radius 3 is 2.68 bits per heavy atom. The molecule has 0 bridgehead atoms. The molecule has 0 saturated carbocycles. The molecule has 4 rings (SSSR count). The second-order valence-electron chi connectivity index (χ2n) is 5.19. The van der Waals surface area contributed by atoms with Crippen LogP contribution < -0.4 is 19.5 Å². The highest BCUT2D eigenvalue weighted by Gasteiger charge is 2.16. The highest BCUT2D eigenvalue weighted by Crippen LogP contribution is 2.32. The number of fused-ring (bicyclic) bond motifs is 1. The number of amides is 1. The first-order chi connectivity index (χ1) is 12.3. The van der Waals surface area contributed by atoms with Gasteiger partial charge in [0, 0.05) is 23.6 Å². The first kappa shape index (κ1) is 14.9. The number of nitrogens with one attached hydrogen (secondary N) is 1. The average Bonchev–Trinajstić information content (AvgIpc) is 3.12. The molecule has 1 aliphatic heterocycles. The van der Waals surface area contributed by atoms with E-state index >= 15 is 0 Å². The Morgan fingerprint density at radius 1 is 1.04 bits per heavy atom. The third-order valence-electron chi connectivity index (χ3n) is 3.51. The van der Waals surface area contributed by atoms with Gasteiger partial charge in [-0.25, -0.2) is 4.98 Å². The fraction of sp³-hybridized carbons (Fsp3) is 0.0556. The minimum Gasteiger partial charge on any atom is -0.454 e. The van der Waals surface area contributed by atoms with Crippen LogP contribution in [0.15, 0.2) is 61.1 Å². The van der Waals surface area contributed by atoms with Crippen LogP contribution in [-0.2, 0) is 0 Å². The van der Waals surface area contributed by atoms with Crippen molar-refractivity contribution in [1.29, 1.82) is 0 Å². The summed E-state index contributed by atoms with van der Waals surface area (Å²) >= 11 is 0. The van der Waals surface area contributed by atoms with Gasteiger partial charge in [0.2, 0.25) is 12.7 Å². The number of carbonyl (C=O) groups is 1. The summed E-state index contributed by atoms with van der Waals surface area (Å²) < 4.78 is 16.1. The van der Waals surface area contributed by atoms with Crippen molar-refractivity contribution in [1.82, 2.24) is 9.97 Å². The molecule has 2 heterocycles. The van der Waals surface area contributed by atoms with Gasteiger partial charge in [-0.15, -0.1) is 0 Å². The monoisotopic (exact) mass is 335 g/mol. The summed E-state index contributed by atoms with van der Waals surface area (Å²) in [6.45, 7) is 0.174. The van der Waals surface area contributed by atoms with Crippen molar-refractivity contribution in [3.8, 4) is 23.1 Å². The molecule has 0 fully saturated rings. The first-order valence-electron chi connectivity index (χ1n) is 7.53. The number of aromatic nitrogens is 2. The third-order valence-corrected chi connectivity index (χ3v) is 3.51. The Hall–Kier alpha value is -3.61. The predicted octanol–water partition coefficient (Wildman–Crippen LogP) is 3.25. The van der Waals surface area contributed by atoms with Crippen LogP contribution in [0.2, 0.25) is 0 Å². The highest BCUT2D eigenvalue weighted by atomic mass is 16.7. The van der Waals surface area contributed by atoms with E-state index in [-0.39, 0.29) is 12.7 Å². The molecule has 0 radical (unpaired) electrons. The molecule has 3 aromatic rings. The number of anilines is 1. The smallest absolute Gasteiger partial charge is 0.255 e. The molecular formula is C18H13N3O4. The summed E-state index contributed by atoms with van der Waals surface area (Å²) in [5.41, 5.74) is 1.14. The van der Waals surface area contributed by atoms with Gasteiger partial charge in [-0.2, -0.15) is 0 Å². The number of benzene rings is 2. The maximum Gasteiger partial charge on any atom is 0.255 e. The summed E-state index contributed by atoms with van der Waals surface area (Å²) in [6, 6.07) is 12.0. The second-order valence-corrected chi connectivity index (χ2v) is 5.19. The zero-order chi connectivity index (χ0) is 17.1. The van der Waals surface area contributed by atoms with Gasteiger partial charge in [0.05, 0.1) is 6.20 Å². The topological polar surface area (TPSA) is 82.6 Å². The number of carbonyl (C=O) groups excluding carboxylic acids is 1. The molecule has 1 N–H and O–H groups in total. The molecular weight excluding hydrogens is 322 g/mol. The van der Waals surface area contributed by atoms with Crippen molar-refractivity contribution in [2.45, 2.75) is 0 Å². The zero-order valence-electron chi connectivity index (χ0n) is 13.0. The highest BCUT2D eigenvalue weighted by molar-refractivity contribution is 6.04. The van der Waals surface area contributed by atoms with Crippen molar-refractivity contribution in [3.63, 3.8) is 0 Å². The predicted molar refractivity (Wildman–Crippen MR) is 89.1 cm³/mol. The van der Waals surface area contributed by atoms with E-state index in [1.54, 1.807) is 54.9 Å². The molecule has 7 heteroatoms. The van der Waals surface area contributed by atoms with Crippen molar-refractivity contribution in [3.05, 3.63) is 66.6 Å². The van der Waals surface area contributed by atoms with Gasteiger partial charge in [-0.3, -0.25) is 9.78 Å². The Morgan fingerprint density at radius 2 is 1.88 bits per heavy atom. The molecule has 0 saturated heterocycles. The molecule has 0 unspecified atom stereocenters. The van der Waals surface area contributed by atoms with Crippen molar-refractivity contribution >= 4 is 11.6 Å². The molecule has 0 spiro atoms. The summed E-state index contributed by atoms with van der Waals surface area (Å²) in [4.78, 5) is 20.3. The lowest BCUT2D eigenvalue weighted by Gasteiger charge is -2.08. The van der Waals surface area contributed by atoms with Gasteiger partial charge in [-0.05, 0) is 42.5 Å². The SMILES string of the molecule is O=C(Nc1ccc(Oc2cnccn2)cc1)c1ccc2c(c1)OCO2. The minimum absolute atomic E-state index is 0.174. The maximum atomic E-state index is 12.3. The fourth-order valence-electron chi connectivity index (χ4n) is 2.31. The van der Waals surface area contributed by atoms with E-state index in [0.29, 0.717) is 34.4 Å². The number of rotatable bonds is 4. The fourth-order valence-corrected chi connectivity index (χ4v) is 2.31. The van der Waals surface area contributed by atoms with Crippen LogP contribution in [0.3, 0.4) is 0 Å². The molecule has 1 aromatic heterocycles. The van der Waals surface area contributed by atoms with Crippen LogP contribution >= 0.6 is 0 Å². The van der Waals surface area contributed by atoms with E-state index in [9.17, 15) is 4.79 Å². The molecule has 2 aromatic carbocycles. The van der Waals surface area contributed by atoms with Crippen molar-refractivity contribution < 1.29 is 19.0 Å². The molecule has 25 heavy (non-hydrogen) atoms. The normalized spacial score (nSPS) is 11.8. The summed E-state index contributed by atoms with van der Waals surface area (Å²) in [6.07, 6.45) is 4.65. The Labute approximate surface area is 143 Å². The van der Waals surface area contributed by atoms with Crippen molar-refractivity contribution in [2.24, 2.45) is 0 Å². The van der Waals surface area contributed by atoms with E-state index in [0.717, 1.165) is 0 Å². The van der Waals surface area contributed by atoms with E-state index in [2.05, 4.69) is 15.3 Å². The molecule has 1 amide bonds. The Kier molecular flexibility index (Phi) is 3.88. The lowest BCUT2D eigenvalue weighted by molar-refractivity contribution is 0.102. The van der Waals surface area contributed by atoms with Gasteiger partial charge >= 0.3 is 0 Å². The van der Waals surface area contributed by atoms with Crippen LogP contribution in [0.1, 0.15) is 10.4 Å². The van der Waals surface area contributed by atoms with Crippen LogP contribution in [0.25, 0.3) is 0 Å². The third kappa shape index (κ3) is 3.35. The molecule has 0 aliphatic carbocycles. The van der Waals surface area contributed by atoms with Crippen LogP contribution in [0, 0.1) is 0 Å². The summed E-state index contributed by atoms with van der Waals surface area (Å²) in [7, 11) is 0. The zero-order valence-corrected chi connectivity index (χ0v) is 13.0. The largest absolute Gasteiger partial charge is 0.454 e. The first-order valence-corrected chi connectivity index (χ1v) is 7.53. The number of hydrogen-bond acceptors (Lipinski definition) is 6.